The third-order valence-corrected chi connectivity index (χ3v) is 5.05. The van der Waals surface area contributed by atoms with Crippen LogP contribution in [-0.2, 0) is 10.4 Å². The SMILES string of the molecule is O=S(=O)(O)Oc1sc(-c2nccs2)cc1-c1ccccc1. The van der Waals surface area contributed by atoms with Gasteiger partial charge in [0.1, 0.15) is 5.01 Å². The summed E-state index contributed by atoms with van der Waals surface area (Å²) in [6.45, 7) is 0. The second-order valence-corrected chi connectivity index (χ2v) is 6.96. The average Bonchev–Trinajstić information content (AvgIpc) is 3.06. The van der Waals surface area contributed by atoms with E-state index in [-0.39, 0.29) is 5.06 Å². The molecule has 0 saturated heterocycles. The van der Waals surface area contributed by atoms with E-state index in [1.165, 1.54) is 11.3 Å². The van der Waals surface area contributed by atoms with E-state index >= 15 is 0 Å². The zero-order chi connectivity index (χ0) is 14.9. The summed E-state index contributed by atoms with van der Waals surface area (Å²) in [7, 11) is -4.57. The first-order valence-corrected chi connectivity index (χ1v) is 8.85. The summed E-state index contributed by atoms with van der Waals surface area (Å²) in [5, 5.41) is 2.72. The van der Waals surface area contributed by atoms with Gasteiger partial charge in [-0.25, -0.2) is 4.98 Å². The largest absolute Gasteiger partial charge is 0.447 e. The Kier molecular flexibility index (Phi) is 3.77. The van der Waals surface area contributed by atoms with E-state index in [0.29, 0.717) is 5.56 Å². The molecule has 0 fully saturated rings. The van der Waals surface area contributed by atoms with Gasteiger partial charge in [0.05, 0.1) is 4.88 Å². The molecule has 0 amide bonds. The molecule has 0 saturated carbocycles. The van der Waals surface area contributed by atoms with Crippen molar-refractivity contribution in [2.24, 2.45) is 0 Å². The van der Waals surface area contributed by atoms with Crippen LogP contribution in [0.25, 0.3) is 21.0 Å². The van der Waals surface area contributed by atoms with Gasteiger partial charge in [-0.2, -0.15) is 8.42 Å². The number of hydrogen-bond acceptors (Lipinski definition) is 6. The van der Waals surface area contributed by atoms with Crippen LogP contribution in [0.5, 0.6) is 5.06 Å². The lowest BCUT2D eigenvalue weighted by Gasteiger charge is -2.02. The van der Waals surface area contributed by atoms with Gasteiger partial charge in [0.15, 0.2) is 0 Å². The van der Waals surface area contributed by atoms with Crippen molar-refractivity contribution >= 4 is 33.1 Å². The molecule has 8 heteroatoms. The summed E-state index contributed by atoms with van der Waals surface area (Å²) >= 11 is 2.57. The normalized spacial score (nSPS) is 11.5. The number of thiazole rings is 1. The van der Waals surface area contributed by atoms with Crippen LogP contribution >= 0.6 is 22.7 Å². The van der Waals surface area contributed by atoms with Crippen molar-refractivity contribution in [3.8, 4) is 26.1 Å². The molecule has 108 valence electrons. The summed E-state index contributed by atoms with van der Waals surface area (Å²) in [4.78, 5) is 4.97. The Morgan fingerprint density at radius 2 is 1.95 bits per heavy atom. The third-order valence-electron chi connectivity index (χ3n) is 2.61. The van der Waals surface area contributed by atoms with E-state index in [9.17, 15) is 8.42 Å². The van der Waals surface area contributed by atoms with E-state index in [0.717, 1.165) is 26.8 Å². The van der Waals surface area contributed by atoms with Gasteiger partial charge in [0, 0.05) is 17.1 Å². The molecule has 0 spiro atoms. The first-order valence-electron chi connectivity index (χ1n) is 5.79. The first-order chi connectivity index (χ1) is 10.0. The monoisotopic (exact) mass is 339 g/mol. The fourth-order valence-electron chi connectivity index (χ4n) is 1.80. The van der Waals surface area contributed by atoms with E-state index < -0.39 is 10.4 Å². The van der Waals surface area contributed by atoms with E-state index in [4.69, 9.17) is 4.55 Å². The lowest BCUT2D eigenvalue weighted by Crippen LogP contribution is -2.05. The Morgan fingerprint density at radius 1 is 1.19 bits per heavy atom. The molecule has 0 radical (unpaired) electrons. The summed E-state index contributed by atoms with van der Waals surface area (Å²) in [6.07, 6.45) is 1.67. The van der Waals surface area contributed by atoms with E-state index in [1.807, 2.05) is 35.7 Å². The smallest absolute Gasteiger partial charge is 0.350 e. The lowest BCUT2D eigenvalue weighted by atomic mass is 10.1. The van der Waals surface area contributed by atoms with Gasteiger partial charge in [0.2, 0.25) is 5.06 Å². The van der Waals surface area contributed by atoms with Crippen molar-refractivity contribution in [3.05, 3.63) is 48.0 Å². The molecule has 2 aromatic heterocycles. The molecule has 0 aliphatic carbocycles. The van der Waals surface area contributed by atoms with Crippen LogP contribution < -0.4 is 4.18 Å². The van der Waals surface area contributed by atoms with E-state index in [2.05, 4.69) is 9.17 Å². The highest BCUT2D eigenvalue weighted by atomic mass is 32.3. The van der Waals surface area contributed by atoms with Crippen LogP contribution in [-0.4, -0.2) is 18.0 Å². The van der Waals surface area contributed by atoms with Crippen molar-refractivity contribution in [1.82, 2.24) is 4.98 Å². The molecule has 0 bridgehead atoms. The number of hydrogen-bond donors (Lipinski definition) is 1. The predicted octanol–water partition coefficient (Wildman–Crippen LogP) is 3.72. The van der Waals surface area contributed by atoms with E-state index in [1.54, 1.807) is 12.3 Å². The van der Waals surface area contributed by atoms with Crippen molar-refractivity contribution in [3.63, 3.8) is 0 Å². The molecule has 2 heterocycles. The number of thiophene rings is 1. The van der Waals surface area contributed by atoms with Crippen LogP contribution in [0.1, 0.15) is 0 Å². The van der Waals surface area contributed by atoms with Crippen molar-refractivity contribution in [2.45, 2.75) is 0 Å². The predicted molar refractivity (Wildman–Crippen MR) is 83.0 cm³/mol. The first kappa shape index (κ1) is 14.2. The summed E-state index contributed by atoms with van der Waals surface area (Å²) in [5.41, 5.74) is 1.40. The molecule has 0 aliphatic rings. The lowest BCUT2D eigenvalue weighted by molar-refractivity contribution is 0.391. The topological polar surface area (TPSA) is 76.5 Å². The Bertz CT molecular complexity index is 839. The maximum Gasteiger partial charge on any atom is 0.447 e. The highest BCUT2D eigenvalue weighted by Gasteiger charge is 2.19. The molecule has 0 atom stereocenters. The van der Waals surface area contributed by atoms with Crippen molar-refractivity contribution < 1.29 is 17.2 Å². The molecule has 5 nitrogen and oxygen atoms in total. The fourth-order valence-corrected chi connectivity index (χ4v) is 4.10. The highest BCUT2D eigenvalue weighted by Crippen LogP contribution is 2.43. The van der Waals surface area contributed by atoms with Gasteiger partial charge in [-0.15, -0.1) is 11.3 Å². The number of aromatic nitrogens is 1. The minimum Gasteiger partial charge on any atom is -0.350 e. The molecule has 1 aromatic carbocycles. The maximum absolute atomic E-state index is 11.0. The summed E-state index contributed by atoms with van der Waals surface area (Å²) < 4.78 is 35.6. The minimum absolute atomic E-state index is 0.119. The summed E-state index contributed by atoms with van der Waals surface area (Å²) in [6, 6.07) is 11.0. The van der Waals surface area contributed by atoms with Crippen molar-refractivity contribution in [2.75, 3.05) is 0 Å². The van der Waals surface area contributed by atoms with Gasteiger partial charge in [-0.1, -0.05) is 41.7 Å². The number of nitrogens with zero attached hydrogens (tertiary/aromatic N) is 1. The minimum atomic E-state index is -4.57. The summed E-state index contributed by atoms with van der Waals surface area (Å²) in [5.74, 6) is 0. The molecule has 3 aromatic rings. The van der Waals surface area contributed by atoms with Gasteiger partial charge in [-0.05, 0) is 11.6 Å². The van der Waals surface area contributed by atoms with Gasteiger partial charge >= 0.3 is 10.4 Å². The van der Waals surface area contributed by atoms with Gasteiger partial charge in [0.25, 0.3) is 0 Å². The van der Waals surface area contributed by atoms with Crippen LogP contribution in [0.3, 0.4) is 0 Å². The third kappa shape index (κ3) is 3.30. The zero-order valence-electron chi connectivity index (χ0n) is 10.5. The molecule has 3 rings (SSSR count). The molecule has 21 heavy (non-hydrogen) atoms. The van der Waals surface area contributed by atoms with Gasteiger partial charge in [-0.3, -0.25) is 4.55 Å². The Balaban J connectivity index is 2.12. The Labute approximate surface area is 129 Å². The quantitative estimate of drug-likeness (QED) is 0.733. The number of benzene rings is 1. The van der Waals surface area contributed by atoms with Crippen molar-refractivity contribution in [1.29, 1.82) is 0 Å². The van der Waals surface area contributed by atoms with Crippen LogP contribution in [0.15, 0.2) is 48.0 Å². The van der Waals surface area contributed by atoms with Crippen LogP contribution in [0.4, 0.5) is 0 Å². The second-order valence-electron chi connectivity index (χ2n) is 4.03. The Hall–Kier alpha value is -1.74. The maximum atomic E-state index is 11.0. The standard InChI is InChI=1S/C13H9NO4S3/c15-21(16,17)18-13-10(9-4-2-1-3-5-9)8-11(20-13)12-14-6-7-19-12/h1-8H,(H,15,16,17). The molecular weight excluding hydrogens is 330 g/mol. The molecular formula is C13H9NO4S3. The highest BCUT2D eigenvalue weighted by molar-refractivity contribution is 7.81. The number of rotatable bonds is 4. The molecule has 0 aliphatic heterocycles. The molecule has 0 unspecified atom stereocenters. The molecule has 1 N–H and O–H groups in total. The van der Waals surface area contributed by atoms with Gasteiger partial charge < -0.3 is 4.18 Å². The second kappa shape index (κ2) is 5.57. The Morgan fingerprint density at radius 3 is 2.57 bits per heavy atom. The fraction of sp³-hybridized carbons (Fsp3) is 0. The van der Waals surface area contributed by atoms with Crippen LogP contribution in [0.2, 0.25) is 0 Å². The average molecular weight is 339 g/mol. The van der Waals surface area contributed by atoms with Crippen LogP contribution in [0, 0.1) is 0 Å². The zero-order valence-corrected chi connectivity index (χ0v) is 12.9.